The normalized spacial score (nSPS) is 10.7. The molecule has 0 aromatic carbocycles. The number of nitrogens with one attached hydrogen (secondary N) is 1. The summed E-state index contributed by atoms with van der Waals surface area (Å²) < 4.78 is 7.40. The molecule has 2 rings (SSSR count). The lowest BCUT2D eigenvalue weighted by molar-refractivity contribution is 0.0506. The second-order valence-corrected chi connectivity index (χ2v) is 8.24. The Kier molecular flexibility index (Phi) is 7.00. The summed E-state index contributed by atoms with van der Waals surface area (Å²) in [7, 11) is 4.98. The summed E-state index contributed by atoms with van der Waals surface area (Å²) in [5.41, 5.74) is 1.66. The molecule has 152 valence electrons. The number of carbonyl (C=O) groups excluding carboxylic acids is 3. The van der Waals surface area contributed by atoms with Crippen LogP contribution in [0.3, 0.4) is 0 Å². The molecule has 10 heteroatoms. The van der Waals surface area contributed by atoms with E-state index in [0.717, 1.165) is 17.0 Å². The van der Waals surface area contributed by atoms with Crippen molar-refractivity contribution in [2.75, 3.05) is 26.0 Å². The van der Waals surface area contributed by atoms with Gasteiger partial charge in [0.1, 0.15) is 5.00 Å². The number of thiophene rings is 1. The van der Waals surface area contributed by atoms with Crippen LogP contribution in [0.15, 0.2) is 4.47 Å². The lowest BCUT2D eigenvalue weighted by Crippen LogP contribution is -2.21. The van der Waals surface area contributed by atoms with Gasteiger partial charge >= 0.3 is 5.97 Å². The highest BCUT2D eigenvalue weighted by atomic mass is 79.9. The van der Waals surface area contributed by atoms with Crippen molar-refractivity contribution in [1.82, 2.24) is 14.7 Å². The first-order chi connectivity index (χ1) is 13.1. The Balaban J connectivity index is 2.47. The Bertz CT molecular complexity index is 933. The maximum atomic E-state index is 12.8. The van der Waals surface area contributed by atoms with Crippen LogP contribution in [0.4, 0.5) is 5.00 Å². The predicted molar refractivity (Wildman–Crippen MR) is 111 cm³/mol. The van der Waals surface area contributed by atoms with Crippen molar-refractivity contribution in [3.8, 4) is 0 Å². The van der Waals surface area contributed by atoms with Crippen molar-refractivity contribution in [1.29, 1.82) is 0 Å². The van der Waals surface area contributed by atoms with E-state index in [9.17, 15) is 14.4 Å². The van der Waals surface area contributed by atoms with E-state index >= 15 is 0 Å². The number of rotatable bonds is 6. The number of esters is 1. The number of aromatic nitrogens is 2. The van der Waals surface area contributed by atoms with Gasteiger partial charge in [-0.2, -0.15) is 5.10 Å². The molecule has 2 heterocycles. The molecule has 0 aliphatic rings. The minimum absolute atomic E-state index is 0.194. The first-order valence-corrected chi connectivity index (χ1v) is 10.2. The summed E-state index contributed by atoms with van der Waals surface area (Å²) in [6.45, 7) is 5.64. The molecule has 2 aromatic heterocycles. The van der Waals surface area contributed by atoms with Crippen LogP contribution in [-0.2, 0) is 11.8 Å². The van der Waals surface area contributed by atoms with E-state index < -0.39 is 11.9 Å². The standard InChI is InChI=1S/C18H23BrN4O4S/c1-7-8-27-18(26)11-9(2)14(17(25)22(4)5)28-16(11)20-15(24)13-12(19)10(3)23(6)21-13/h7-8H2,1-6H3,(H,20,24). The maximum Gasteiger partial charge on any atom is 0.341 e. The number of anilines is 1. The molecular weight excluding hydrogens is 448 g/mol. The quantitative estimate of drug-likeness (QED) is 0.652. The topological polar surface area (TPSA) is 93.5 Å². The lowest BCUT2D eigenvalue weighted by atomic mass is 10.1. The smallest absolute Gasteiger partial charge is 0.341 e. The molecule has 0 aliphatic heterocycles. The first kappa shape index (κ1) is 22.1. The van der Waals surface area contributed by atoms with Crippen LogP contribution in [0.25, 0.3) is 0 Å². The summed E-state index contributed by atoms with van der Waals surface area (Å²) in [6, 6.07) is 0. The summed E-state index contributed by atoms with van der Waals surface area (Å²) in [5.74, 6) is -1.30. The number of hydrogen-bond acceptors (Lipinski definition) is 6. The Morgan fingerprint density at radius 3 is 2.43 bits per heavy atom. The highest BCUT2D eigenvalue weighted by Gasteiger charge is 2.28. The van der Waals surface area contributed by atoms with Crippen molar-refractivity contribution < 1.29 is 19.1 Å². The van der Waals surface area contributed by atoms with Gasteiger partial charge < -0.3 is 15.0 Å². The first-order valence-electron chi connectivity index (χ1n) is 8.62. The fraction of sp³-hybridized carbons (Fsp3) is 0.444. The highest BCUT2D eigenvalue weighted by molar-refractivity contribution is 9.10. The molecule has 2 amide bonds. The number of halogens is 1. The van der Waals surface area contributed by atoms with E-state index in [1.54, 1.807) is 32.7 Å². The van der Waals surface area contributed by atoms with Crippen LogP contribution >= 0.6 is 27.3 Å². The zero-order valence-corrected chi connectivity index (χ0v) is 19.1. The molecule has 0 saturated heterocycles. The zero-order valence-electron chi connectivity index (χ0n) is 16.7. The molecule has 0 bridgehead atoms. The van der Waals surface area contributed by atoms with Crippen molar-refractivity contribution >= 4 is 50.1 Å². The molecule has 0 aliphatic carbocycles. The van der Waals surface area contributed by atoms with Gasteiger partial charge in [-0.15, -0.1) is 11.3 Å². The maximum absolute atomic E-state index is 12.8. The molecule has 28 heavy (non-hydrogen) atoms. The SMILES string of the molecule is CCCOC(=O)c1c(NC(=O)c2nn(C)c(C)c2Br)sc(C(=O)N(C)C)c1C. The molecule has 0 spiro atoms. The number of amides is 2. The van der Waals surface area contributed by atoms with Gasteiger partial charge in [-0.25, -0.2) is 4.79 Å². The summed E-state index contributed by atoms with van der Waals surface area (Å²) >= 11 is 4.42. The molecule has 0 fully saturated rings. The monoisotopic (exact) mass is 470 g/mol. The predicted octanol–water partition coefficient (Wildman–Crippen LogP) is 3.38. The molecule has 1 N–H and O–H groups in total. The van der Waals surface area contributed by atoms with Crippen LogP contribution in [0.2, 0.25) is 0 Å². The van der Waals surface area contributed by atoms with Crippen molar-refractivity contribution in [2.24, 2.45) is 7.05 Å². The van der Waals surface area contributed by atoms with E-state index in [2.05, 4.69) is 26.3 Å². The minimum Gasteiger partial charge on any atom is -0.462 e. The largest absolute Gasteiger partial charge is 0.462 e. The van der Waals surface area contributed by atoms with E-state index in [-0.39, 0.29) is 28.8 Å². The van der Waals surface area contributed by atoms with Gasteiger partial charge in [0, 0.05) is 21.1 Å². The molecule has 0 unspecified atom stereocenters. The van der Waals surface area contributed by atoms with Gasteiger partial charge in [-0.1, -0.05) is 6.92 Å². The summed E-state index contributed by atoms with van der Waals surface area (Å²) in [5, 5.41) is 7.18. The van der Waals surface area contributed by atoms with E-state index in [0.29, 0.717) is 21.3 Å². The van der Waals surface area contributed by atoms with Crippen LogP contribution in [0.5, 0.6) is 0 Å². The number of ether oxygens (including phenoxy) is 1. The second kappa shape index (κ2) is 8.87. The Labute approximate surface area is 176 Å². The van der Waals surface area contributed by atoms with E-state index in [1.165, 1.54) is 4.90 Å². The van der Waals surface area contributed by atoms with Crippen LogP contribution < -0.4 is 5.32 Å². The Morgan fingerprint density at radius 2 is 1.93 bits per heavy atom. The van der Waals surface area contributed by atoms with Gasteiger partial charge in [0.2, 0.25) is 0 Å². The van der Waals surface area contributed by atoms with Crippen LogP contribution in [0, 0.1) is 13.8 Å². The number of aryl methyl sites for hydroxylation is 1. The Morgan fingerprint density at radius 1 is 1.29 bits per heavy atom. The van der Waals surface area contributed by atoms with Gasteiger partial charge in [-0.05, 0) is 41.8 Å². The molecule has 0 saturated carbocycles. The van der Waals surface area contributed by atoms with E-state index in [1.807, 2.05) is 13.8 Å². The summed E-state index contributed by atoms with van der Waals surface area (Å²) in [4.78, 5) is 39.6. The molecule has 0 radical (unpaired) electrons. The Hall–Kier alpha value is -2.20. The fourth-order valence-electron chi connectivity index (χ4n) is 2.41. The third kappa shape index (κ3) is 4.27. The van der Waals surface area contributed by atoms with Crippen molar-refractivity contribution in [2.45, 2.75) is 27.2 Å². The highest BCUT2D eigenvalue weighted by Crippen LogP contribution is 2.35. The van der Waals surface area contributed by atoms with Gasteiger partial charge in [0.05, 0.1) is 27.2 Å². The van der Waals surface area contributed by atoms with Crippen molar-refractivity contribution in [3.63, 3.8) is 0 Å². The zero-order chi connectivity index (χ0) is 21.2. The molecular formula is C18H23BrN4O4S. The number of carbonyl (C=O) groups is 3. The van der Waals surface area contributed by atoms with Gasteiger partial charge in [0.15, 0.2) is 5.69 Å². The average molecular weight is 471 g/mol. The number of nitrogens with zero attached hydrogens (tertiary/aromatic N) is 3. The molecule has 2 aromatic rings. The lowest BCUT2D eigenvalue weighted by Gasteiger charge is -2.09. The van der Waals surface area contributed by atoms with Crippen LogP contribution in [0.1, 0.15) is 55.1 Å². The van der Waals surface area contributed by atoms with Crippen molar-refractivity contribution in [3.05, 3.63) is 31.9 Å². The third-order valence-corrected chi connectivity index (χ3v) is 6.24. The molecule has 0 atom stereocenters. The summed E-state index contributed by atoms with van der Waals surface area (Å²) in [6.07, 6.45) is 0.667. The van der Waals surface area contributed by atoms with Crippen LogP contribution in [-0.4, -0.2) is 53.2 Å². The molecule has 8 nitrogen and oxygen atoms in total. The number of hydrogen-bond donors (Lipinski definition) is 1. The minimum atomic E-state index is -0.569. The van der Waals surface area contributed by atoms with Gasteiger partial charge in [-0.3, -0.25) is 14.3 Å². The second-order valence-electron chi connectivity index (χ2n) is 6.42. The average Bonchev–Trinajstić information content (AvgIpc) is 3.10. The fourth-order valence-corrected chi connectivity index (χ4v) is 4.14. The van der Waals surface area contributed by atoms with Gasteiger partial charge in [0.25, 0.3) is 11.8 Å². The third-order valence-electron chi connectivity index (χ3n) is 4.09. The van der Waals surface area contributed by atoms with E-state index in [4.69, 9.17) is 4.74 Å².